The molecule has 8 nitrogen and oxygen atoms in total. The number of aliphatic imine (C=N–C) groups is 1. The minimum absolute atomic E-state index is 0.0162. The molecular formula is C24H24N2O6S2. The van der Waals surface area contributed by atoms with E-state index >= 15 is 0 Å². The molecule has 1 heterocycles. The number of amides is 1. The Morgan fingerprint density at radius 1 is 1.03 bits per heavy atom. The summed E-state index contributed by atoms with van der Waals surface area (Å²) in [5.74, 6) is 0.163. The van der Waals surface area contributed by atoms with E-state index in [9.17, 15) is 21.6 Å². The number of aryl methyl sites for hydroxylation is 1. The summed E-state index contributed by atoms with van der Waals surface area (Å²) in [4.78, 5) is 15.9. The van der Waals surface area contributed by atoms with E-state index in [1.54, 1.807) is 31.2 Å². The molecule has 1 amide bonds. The molecule has 0 aliphatic carbocycles. The second-order valence-corrected chi connectivity index (χ2v) is 11.6. The fraction of sp³-hybridized carbons (Fsp3) is 0.167. The molecule has 1 N–H and O–H groups in total. The van der Waals surface area contributed by atoms with Crippen LogP contribution in [-0.2, 0) is 26.2 Å². The molecule has 0 atom stereocenters. The molecule has 0 aliphatic rings. The largest absolute Gasteiger partial charge is 0.456 e. The van der Waals surface area contributed by atoms with Crippen molar-refractivity contribution in [3.63, 3.8) is 0 Å². The summed E-state index contributed by atoms with van der Waals surface area (Å²) in [6.07, 6.45) is 3.17. The normalized spacial score (nSPS) is 12.1. The lowest BCUT2D eigenvalue weighted by atomic mass is 10.2. The van der Waals surface area contributed by atoms with Gasteiger partial charge >= 0.3 is 0 Å². The first-order valence-electron chi connectivity index (χ1n) is 10.3. The zero-order valence-electron chi connectivity index (χ0n) is 18.7. The van der Waals surface area contributed by atoms with Crippen molar-refractivity contribution in [1.29, 1.82) is 0 Å². The molecule has 0 bridgehead atoms. The second-order valence-electron chi connectivity index (χ2n) is 7.33. The highest BCUT2D eigenvalue weighted by Crippen LogP contribution is 2.24. The summed E-state index contributed by atoms with van der Waals surface area (Å²) < 4.78 is 55.7. The Morgan fingerprint density at radius 2 is 1.71 bits per heavy atom. The molecule has 0 spiro atoms. The van der Waals surface area contributed by atoms with Crippen molar-refractivity contribution >= 4 is 38.4 Å². The second kappa shape index (κ2) is 10.2. The van der Waals surface area contributed by atoms with Gasteiger partial charge in [0.1, 0.15) is 5.76 Å². The number of furan rings is 1. The fourth-order valence-electron chi connectivity index (χ4n) is 3.10. The van der Waals surface area contributed by atoms with E-state index < -0.39 is 25.6 Å². The predicted molar refractivity (Wildman–Crippen MR) is 129 cm³/mol. The standard InChI is InChI=1S/C24H24N2O6S2/c1-4-33(28,29)21-6-5-7-22(15-21)34(30,31)20-10-8-18(9-11-20)16-26-24(27)23-14-19(12-13-25-3)17(2)32-23/h5-15H,3-4,16H2,1-2H3,(H,26,27)/b13-12-. The first kappa shape index (κ1) is 25.1. The average molecular weight is 501 g/mol. The van der Waals surface area contributed by atoms with Crippen LogP contribution >= 0.6 is 0 Å². The Labute approximate surface area is 198 Å². The van der Waals surface area contributed by atoms with Crippen LogP contribution in [0.2, 0.25) is 0 Å². The number of rotatable bonds is 9. The predicted octanol–water partition coefficient (Wildman–Crippen LogP) is 3.82. The van der Waals surface area contributed by atoms with Gasteiger partial charge in [-0.1, -0.05) is 25.1 Å². The Bertz CT molecular complexity index is 1450. The lowest BCUT2D eigenvalue weighted by Gasteiger charge is -2.09. The van der Waals surface area contributed by atoms with Gasteiger partial charge in [-0.25, -0.2) is 16.8 Å². The summed E-state index contributed by atoms with van der Waals surface area (Å²) in [5, 5.41) is 2.72. The van der Waals surface area contributed by atoms with Crippen LogP contribution < -0.4 is 5.32 Å². The van der Waals surface area contributed by atoms with Gasteiger partial charge in [0, 0.05) is 18.3 Å². The highest BCUT2D eigenvalue weighted by atomic mass is 32.2. The average Bonchev–Trinajstić information content (AvgIpc) is 3.22. The van der Waals surface area contributed by atoms with Gasteiger partial charge in [-0.2, -0.15) is 0 Å². The first-order chi connectivity index (χ1) is 16.1. The maximum atomic E-state index is 13.0. The summed E-state index contributed by atoms with van der Waals surface area (Å²) in [5.41, 5.74) is 1.39. The van der Waals surface area contributed by atoms with E-state index in [1.165, 1.54) is 49.5 Å². The van der Waals surface area contributed by atoms with Gasteiger partial charge < -0.3 is 9.73 Å². The van der Waals surface area contributed by atoms with Crippen LogP contribution in [0.3, 0.4) is 0 Å². The van der Waals surface area contributed by atoms with Gasteiger partial charge in [-0.3, -0.25) is 9.79 Å². The molecule has 10 heteroatoms. The van der Waals surface area contributed by atoms with Crippen molar-refractivity contribution in [1.82, 2.24) is 5.32 Å². The number of hydrogen-bond acceptors (Lipinski definition) is 7. The number of nitrogens with one attached hydrogen (secondary N) is 1. The molecular weight excluding hydrogens is 476 g/mol. The van der Waals surface area contributed by atoms with Crippen molar-refractivity contribution in [2.45, 2.75) is 35.1 Å². The molecule has 0 fully saturated rings. The van der Waals surface area contributed by atoms with Crippen molar-refractivity contribution in [2.75, 3.05) is 5.75 Å². The minimum Gasteiger partial charge on any atom is -0.456 e. The van der Waals surface area contributed by atoms with E-state index in [4.69, 9.17) is 4.42 Å². The molecule has 0 radical (unpaired) electrons. The molecule has 0 unspecified atom stereocenters. The number of sulfone groups is 2. The van der Waals surface area contributed by atoms with Crippen molar-refractivity contribution in [3.8, 4) is 0 Å². The van der Waals surface area contributed by atoms with E-state index in [1.807, 2.05) is 0 Å². The van der Waals surface area contributed by atoms with E-state index in [0.29, 0.717) is 16.9 Å². The Balaban J connectivity index is 1.73. The summed E-state index contributed by atoms with van der Waals surface area (Å²) in [7, 11) is -7.45. The van der Waals surface area contributed by atoms with Crippen LogP contribution in [0.15, 0.2) is 84.9 Å². The number of benzene rings is 2. The van der Waals surface area contributed by atoms with E-state index in [0.717, 1.165) is 0 Å². The first-order valence-corrected chi connectivity index (χ1v) is 13.4. The summed E-state index contributed by atoms with van der Waals surface area (Å²) >= 11 is 0. The van der Waals surface area contributed by atoms with Crippen molar-refractivity contribution in [3.05, 3.63) is 83.4 Å². The van der Waals surface area contributed by atoms with Gasteiger partial charge in [0.2, 0.25) is 9.84 Å². The maximum absolute atomic E-state index is 13.0. The summed E-state index contributed by atoms with van der Waals surface area (Å²) in [6, 6.07) is 12.9. The molecule has 0 saturated carbocycles. The number of hydrogen-bond donors (Lipinski definition) is 1. The molecule has 3 aromatic rings. The number of nitrogens with zero attached hydrogens (tertiary/aromatic N) is 1. The monoisotopic (exact) mass is 500 g/mol. The van der Waals surface area contributed by atoms with Crippen LogP contribution in [0.1, 0.15) is 34.4 Å². The number of carbonyl (C=O) groups is 1. The zero-order valence-corrected chi connectivity index (χ0v) is 20.3. The minimum atomic E-state index is -3.92. The lowest BCUT2D eigenvalue weighted by Crippen LogP contribution is -2.22. The SMILES string of the molecule is C=N/C=C\c1cc(C(=O)NCc2ccc(S(=O)(=O)c3cccc(S(=O)(=O)CC)c3)cc2)oc1C. The zero-order chi connectivity index (χ0) is 24.9. The maximum Gasteiger partial charge on any atom is 0.287 e. The molecule has 1 aromatic heterocycles. The molecule has 0 saturated heterocycles. The van der Waals surface area contributed by atoms with Crippen LogP contribution in [0, 0.1) is 6.92 Å². The van der Waals surface area contributed by atoms with Crippen LogP contribution in [-0.4, -0.2) is 35.2 Å². The topological polar surface area (TPSA) is 123 Å². The number of carbonyl (C=O) groups excluding carboxylic acids is 1. The van der Waals surface area contributed by atoms with Gasteiger partial charge in [-0.15, -0.1) is 0 Å². The highest BCUT2D eigenvalue weighted by Gasteiger charge is 2.21. The quantitative estimate of drug-likeness (QED) is 0.446. The van der Waals surface area contributed by atoms with Gasteiger partial charge in [0.25, 0.3) is 5.91 Å². The third-order valence-corrected chi connectivity index (χ3v) is 8.58. The molecule has 0 aliphatic heterocycles. The van der Waals surface area contributed by atoms with Gasteiger partial charge in [0.15, 0.2) is 15.6 Å². The van der Waals surface area contributed by atoms with Crippen molar-refractivity contribution in [2.24, 2.45) is 4.99 Å². The Kier molecular flexibility index (Phi) is 7.53. The highest BCUT2D eigenvalue weighted by molar-refractivity contribution is 7.92. The van der Waals surface area contributed by atoms with E-state index in [2.05, 4.69) is 17.0 Å². The van der Waals surface area contributed by atoms with E-state index in [-0.39, 0.29) is 32.7 Å². The third kappa shape index (κ3) is 5.52. The molecule has 34 heavy (non-hydrogen) atoms. The van der Waals surface area contributed by atoms with Crippen molar-refractivity contribution < 1.29 is 26.0 Å². The molecule has 2 aromatic carbocycles. The fourth-order valence-corrected chi connectivity index (χ4v) is 5.41. The summed E-state index contributed by atoms with van der Waals surface area (Å²) in [6.45, 7) is 6.74. The lowest BCUT2D eigenvalue weighted by molar-refractivity contribution is 0.0922. The van der Waals surface area contributed by atoms with Crippen LogP contribution in [0.25, 0.3) is 6.08 Å². The third-order valence-electron chi connectivity index (χ3n) is 5.08. The van der Waals surface area contributed by atoms with Crippen LogP contribution in [0.5, 0.6) is 0 Å². The Morgan fingerprint density at radius 3 is 2.35 bits per heavy atom. The van der Waals surface area contributed by atoms with Gasteiger partial charge in [0.05, 0.1) is 20.4 Å². The van der Waals surface area contributed by atoms with Gasteiger partial charge in [-0.05, 0) is 61.7 Å². The Hall–Kier alpha value is -3.50. The van der Waals surface area contributed by atoms with Crippen LogP contribution in [0.4, 0.5) is 0 Å². The smallest absolute Gasteiger partial charge is 0.287 e. The molecule has 178 valence electrons. The molecule has 3 rings (SSSR count).